The van der Waals surface area contributed by atoms with Crippen LogP contribution in [0.4, 0.5) is 17.6 Å². The highest BCUT2D eigenvalue weighted by Crippen LogP contribution is 2.44. The zero-order valence-electron chi connectivity index (χ0n) is 23.1. The standard InChI is InChI=1S/C31H23ClF4N4O3S/c1-17-24(13-18-3-10-22(11-4-18)44(2)43)23-12-7-20(33)14-26(23)25(17)15-28(41)38-39-30(42)27-16-37-40(29(27)31(34,35)36)21-8-5-19(32)6-9-21/h3-14,16H,15H2,1-2H3,(H,38,41)(H,39,42). The van der Waals surface area contributed by atoms with Crippen LogP contribution >= 0.6 is 11.6 Å². The molecule has 13 heteroatoms. The third-order valence-electron chi connectivity index (χ3n) is 6.98. The first-order chi connectivity index (χ1) is 20.8. The van der Waals surface area contributed by atoms with E-state index in [0.29, 0.717) is 36.9 Å². The molecule has 7 nitrogen and oxygen atoms in total. The summed E-state index contributed by atoms with van der Waals surface area (Å²) in [5.74, 6) is -2.49. The Kier molecular flexibility index (Phi) is 8.57. The number of nitrogens with one attached hydrogen (secondary N) is 2. The fourth-order valence-electron chi connectivity index (χ4n) is 4.87. The van der Waals surface area contributed by atoms with Crippen LogP contribution in [0, 0.1) is 5.82 Å². The number of hydrogen-bond donors (Lipinski definition) is 2. The molecule has 1 aliphatic rings. The Morgan fingerprint density at radius 3 is 2.32 bits per heavy atom. The summed E-state index contributed by atoms with van der Waals surface area (Å²) in [6, 6.07) is 16.7. The molecule has 0 saturated carbocycles. The molecule has 0 radical (unpaired) electrons. The lowest BCUT2D eigenvalue weighted by Crippen LogP contribution is -2.42. The molecule has 0 aliphatic heterocycles. The van der Waals surface area contributed by atoms with Gasteiger partial charge in [0.25, 0.3) is 5.91 Å². The minimum atomic E-state index is -4.96. The Balaban J connectivity index is 1.37. The number of hydrazine groups is 1. The van der Waals surface area contributed by atoms with Crippen molar-refractivity contribution in [3.63, 3.8) is 0 Å². The van der Waals surface area contributed by atoms with Crippen LogP contribution in [0.1, 0.15) is 46.1 Å². The molecule has 226 valence electrons. The smallest absolute Gasteiger partial charge is 0.273 e. The van der Waals surface area contributed by atoms with E-state index >= 15 is 0 Å². The van der Waals surface area contributed by atoms with Crippen molar-refractivity contribution >= 4 is 51.4 Å². The molecule has 1 aliphatic carbocycles. The van der Waals surface area contributed by atoms with Crippen LogP contribution in [0.15, 0.2) is 83.4 Å². The average molecular weight is 643 g/mol. The highest BCUT2D eigenvalue weighted by molar-refractivity contribution is 7.84. The molecular weight excluding hydrogens is 620 g/mol. The number of hydrogen-bond acceptors (Lipinski definition) is 4. The van der Waals surface area contributed by atoms with Gasteiger partial charge in [0, 0.05) is 27.0 Å². The molecule has 0 spiro atoms. The van der Waals surface area contributed by atoms with Gasteiger partial charge in [-0.3, -0.25) is 24.6 Å². The second-order valence-electron chi connectivity index (χ2n) is 9.85. The molecule has 0 saturated heterocycles. The van der Waals surface area contributed by atoms with Crippen molar-refractivity contribution in [2.45, 2.75) is 24.4 Å². The van der Waals surface area contributed by atoms with E-state index in [-0.39, 0.29) is 12.1 Å². The molecule has 2 amide bonds. The Hall–Kier alpha value is -4.55. The highest BCUT2D eigenvalue weighted by atomic mass is 35.5. The quantitative estimate of drug-likeness (QED) is 0.183. The molecule has 1 heterocycles. The van der Waals surface area contributed by atoms with Crippen molar-refractivity contribution in [1.29, 1.82) is 0 Å². The van der Waals surface area contributed by atoms with Gasteiger partial charge in [0.15, 0.2) is 5.69 Å². The first-order valence-corrected chi connectivity index (χ1v) is 14.9. The maximum atomic E-state index is 14.3. The summed E-state index contributed by atoms with van der Waals surface area (Å²) >= 11 is 5.83. The average Bonchev–Trinajstić information content (AvgIpc) is 3.53. The van der Waals surface area contributed by atoms with E-state index in [4.69, 9.17) is 11.6 Å². The number of benzene rings is 3. The van der Waals surface area contributed by atoms with Gasteiger partial charge in [-0.25, -0.2) is 9.07 Å². The summed E-state index contributed by atoms with van der Waals surface area (Å²) in [5.41, 5.74) is 5.92. The lowest BCUT2D eigenvalue weighted by molar-refractivity contribution is -0.143. The number of carbonyl (C=O) groups excluding carboxylic acids is 2. The number of nitrogens with zero attached hydrogens (tertiary/aromatic N) is 2. The second kappa shape index (κ2) is 12.2. The zero-order valence-corrected chi connectivity index (χ0v) is 24.7. The van der Waals surface area contributed by atoms with Crippen LogP contribution in [-0.4, -0.2) is 32.1 Å². The number of alkyl halides is 3. The number of amides is 2. The largest absolute Gasteiger partial charge is 0.434 e. The van der Waals surface area contributed by atoms with Crippen LogP contribution in [0.2, 0.25) is 5.02 Å². The first kappa shape index (κ1) is 30.9. The molecule has 1 unspecified atom stereocenters. The van der Waals surface area contributed by atoms with E-state index in [2.05, 4.69) is 10.5 Å². The number of fused-ring (bicyclic) bond motifs is 1. The van der Waals surface area contributed by atoms with Crippen LogP contribution in [0.25, 0.3) is 22.9 Å². The second-order valence-corrected chi connectivity index (χ2v) is 11.7. The predicted octanol–water partition coefficient (Wildman–Crippen LogP) is 6.60. The van der Waals surface area contributed by atoms with Gasteiger partial charge in [-0.1, -0.05) is 29.8 Å². The molecule has 1 aromatic heterocycles. The minimum absolute atomic E-state index is 0.0273. The van der Waals surface area contributed by atoms with Gasteiger partial charge in [0.05, 0.1) is 23.9 Å². The van der Waals surface area contributed by atoms with Crippen molar-refractivity contribution in [1.82, 2.24) is 20.6 Å². The zero-order chi connectivity index (χ0) is 31.8. The topological polar surface area (TPSA) is 93.1 Å². The number of allylic oxidation sites excluding steroid dienone is 2. The Morgan fingerprint density at radius 1 is 1.00 bits per heavy atom. The van der Waals surface area contributed by atoms with E-state index in [0.717, 1.165) is 17.3 Å². The Bertz CT molecular complexity index is 1860. The van der Waals surface area contributed by atoms with Crippen molar-refractivity contribution in [2.75, 3.05) is 6.26 Å². The van der Waals surface area contributed by atoms with E-state index in [1.54, 1.807) is 43.5 Å². The third kappa shape index (κ3) is 6.36. The SMILES string of the molecule is CC1=C(CC(=O)NNC(=O)c2cnn(-c3ccc(Cl)cc3)c2C(F)(F)F)c2cc(F)ccc2C1=Cc1ccc(S(C)=O)cc1. The van der Waals surface area contributed by atoms with Gasteiger partial charge in [-0.2, -0.15) is 18.3 Å². The van der Waals surface area contributed by atoms with Crippen molar-refractivity contribution in [3.05, 3.63) is 117 Å². The molecule has 0 bridgehead atoms. The van der Waals surface area contributed by atoms with Crippen molar-refractivity contribution < 1.29 is 31.4 Å². The van der Waals surface area contributed by atoms with Crippen molar-refractivity contribution in [2.24, 2.45) is 0 Å². The fourth-order valence-corrected chi connectivity index (χ4v) is 5.51. The molecule has 5 rings (SSSR count). The summed E-state index contributed by atoms with van der Waals surface area (Å²) in [6.45, 7) is 1.77. The summed E-state index contributed by atoms with van der Waals surface area (Å²) in [4.78, 5) is 26.4. The normalized spacial score (nSPS) is 14.5. The summed E-state index contributed by atoms with van der Waals surface area (Å²) in [6.07, 6.45) is -1.07. The van der Waals surface area contributed by atoms with E-state index in [1.807, 2.05) is 11.5 Å². The minimum Gasteiger partial charge on any atom is -0.273 e. The van der Waals surface area contributed by atoms with Crippen LogP contribution in [0.5, 0.6) is 0 Å². The van der Waals surface area contributed by atoms with Crippen LogP contribution in [-0.2, 0) is 21.8 Å². The molecule has 2 N–H and O–H groups in total. The summed E-state index contributed by atoms with van der Waals surface area (Å²) in [7, 11) is -1.14. The molecule has 3 aromatic carbocycles. The lowest BCUT2D eigenvalue weighted by Gasteiger charge is -2.13. The van der Waals surface area contributed by atoms with E-state index < -0.39 is 45.9 Å². The van der Waals surface area contributed by atoms with Gasteiger partial charge >= 0.3 is 6.18 Å². The molecular formula is C31H23ClF4N4O3S. The number of carbonyl (C=O) groups is 2. The van der Waals surface area contributed by atoms with E-state index in [9.17, 15) is 31.4 Å². The monoisotopic (exact) mass is 642 g/mol. The van der Waals surface area contributed by atoms with Crippen LogP contribution < -0.4 is 10.9 Å². The number of aromatic nitrogens is 2. The molecule has 1 atom stereocenters. The number of rotatable bonds is 6. The van der Waals surface area contributed by atoms with Crippen molar-refractivity contribution in [3.8, 4) is 5.69 Å². The fraction of sp³-hybridized carbons (Fsp3) is 0.129. The summed E-state index contributed by atoms with van der Waals surface area (Å²) < 4.78 is 68.5. The number of halogens is 5. The van der Waals surface area contributed by atoms with Gasteiger partial charge in [-0.05, 0) is 94.9 Å². The van der Waals surface area contributed by atoms with Gasteiger partial charge in [-0.15, -0.1) is 0 Å². The van der Waals surface area contributed by atoms with Gasteiger partial charge in [0.2, 0.25) is 5.91 Å². The molecule has 4 aromatic rings. The van der Waals surface area contributed by atoms with Gasteiger partial charge in [0.1, 0.15) is 5.82 Å². The maximum absolute atomic E-state index is 14.3. The molecule has 0 fully saturated rings. The molecule has 44 heavy (non-hydrogen) atoms. The Labute approximate surface area is 256 Å². The lowest BCUT2D eigenvalue weighted by atomic mass is 10.0. The highest BCUT2D eigenvalue weighted by Gasteiger charge is 2.40. The summed E-state index contributed by atoms with van der Waals surface area (Å²) in [5, 5.41) is 4.03. The van der Waals surface area contributed by atoms with Crippen LogP contribution in [0.3, 0.4) is 0 Å². The maximum Gasteiger partial charge on any atom is 0.434 e. The Morgan fingerprint density at radius 2 is 1.68 bits per heavy atom. The first-order valence-electron chi connectivity index (χ1n) is 13.0. The third-order valence-corrected chi connectivity index (χ3v) is 8.17. The predicted molar refractivity (Wildman–Crippen MR) is 159 cm³/mol. The van der Waals surface area contributed by atoms with Gasteiger partial charge < -0.3 is 0 Å². The van der Waals surface area contributed by atoms with E-state index in [1.165, 1.54) is 36.4 Å².